The predicted octanol–water partition coefficient (Wildman–Crippen LogP) is 2.92. The molecule has 1 amide bonds. The first-order valence-corrected chi connectivity index (χ1v) is 7.98. The van der Waals surface area contributed by atoms with Gasteiger partial charge in [-0.15, -0.1) is 0 Å². The molecule has 2 aliphatic rings. The minimum atomic E-state index is -0.209. The molecular weight excluding hydrogens is 278 g/mol. The van der Waals surface area contributed by atoms with Gasteiger partial charge in [0.1, 0.15) is 0 Å². The first-order valence-electron chi connectivity index (χ1n) is 7.98. The quantitative estimate of drug-likeness (QED) is 0.941. The number of rotatable bonds is 4. The largest absolute Gasteiger partial charge is 0.304 e. The van der Waals surface area contributed by atoms with Crippen LogP contribution in [0.4, 0.5) is 5.82 Å². The average molecular weight is 297 g/mol. The van der Waals surface area contributed by atoms with Crippen LogP contribution in [0.2, 0.25) is 0 Å². The summed E-state index contributed by atoms with van der Waals surface area (Å²) in [6, 6.07) is 2.22. The number of carbonyl (C=O) groups excluding carboxylic acids is 1. The molecule has 0 atom stereocenters. The topological polar surface area (TPSA) is 72.7 Å². The summed E-state index contributed by atoms with van der Waals surface area (Å²) < 4.78 is 1.93. The molecule has 22 heavy (non-hydrogen) atoms. The van der Waals surface area contributed by atoms with Crippen molar-refractivity contribution >= 4 is 11.7 Å². The van der Waals surface area contributed by atoms with Crippen molar-refractivity contribution in [3.63, 3.8) is 0 Å². The Morgan fingerprint density at radius 1 is 1.14 bits per heavy atom. The Labute approximate surface area is 129 Å². The minimum absolute atomic E-state index is 0.209. The number of anilines is 1. The maximum absolute atomic E-state index is 12.4. The van der Waals surface area contributed by atoms with Gasteiger partial charge in [0.25, 0.3) is 5.91 Å². The lowest BCUT2D eigenvalue weighted by Gasteiger charge is -2.09. The van der Waals surface area contributed by atoms with Crippen molar-refractivity contribution < 1.29 is 4.79 Å². The Bertz CT molecular complexity index is 685. The molecule has 2 aromatic heterocycles. The fourth-order valence-corrected chi connectivity index (χ4v) is 3.10. The Kier molecular flexibility index (Phi) is 3.36. The molecule has 0 bridgehead atoms. The molecule has 4 rings (SSSR count). The monoisotopic (exact) mass is 297 g/mol. The zero-order chi connectivity index (χ0) is 14.9. The highest BCUT2D eigenvalue weighted by Gasteiger charge is 2.29. The van der Waals surface area contributed by atoms with Crippen molar-refractivity contribution in [2.45, 2.75) is 50.5 Å². The van der Waals surface area contributed by atoms with Gasteiger partial charge in [-0.25, -0.2) is 4.98 Å². The van der Waals surface area contributed by atoms with E-state index in [1.807, 2.05) is 10.9 Å². The van der Waals surface area contributed by atoms with E-state index in [1.54, 1.807) is 18.5 Å². The number of amides is 1. The van der Waals surface area contributed by atoms with Crippen LogP contribution >= 0.6 is 0 Å². The summed E-state index contributed by atoms with van der Waals surface area (Å²) in [5, 5.41) is 7.30. The van der Waals surface area contributed by atoms with E-state index in [0.29, 0.717) is 23.5 Å². The van der Waals surface area contributed by atoms with E-state index in [0.717, 1.165) is 31.4 Å². The number of aromatic nitrogens is 4. The molecule has 2 saturated carbocycles. The molecule has 0 radical (unpaired) electrons. The smallest absolute Gasteiger partial charge is 0.277 e. The third kappa shape index (κ3) is 2.61. The van der Waals surface area contributed by atoms with Gasteiger partial charge in [0, 0.05) is 24.5 Å². The molecule has 0 unspecified atom stereocenters. The second-order valence-corrected chi connectivity index (χ2v) is 6.14. The van der Waals surface area contributed by atoms with Crippen LogP contribution in [-0.4, -0.2) is 25.7 Å². The van der Waals surface area contributed by atoms with Crippen molar-refractivity contribution in [3.8, 4) is 0 Å². The first kappa shape index (κ1) is 13.4. The van der Waals surface area contributed by atoms with Gasteiger partial charge in [-0.05, 0) is 31.7 Å². The van der Waals surface area contributed by atoms with E-state index < -0.39 is 0 Å². The van der Waals surface area contributed by atoms with Gasteiger partial charge in [-0.1, -0.05) is 12.8 Å². The van der Waals surface area contributed by atoms with Gasteiger partial charge in [-0.2, -0.15) is 5.10 Å². The number of hydrogen-bond donors (Lipinski definition) is 1. The molecule has 6 heteroatoms. The molecule has 2 fully saturated rings. The van der Waals surface area contributed by atoms with Crippen molar-refractivity contribution in [1.82, 2.24) is 19.7 Å². The van der Waals surface area contributed by atoms with E-state index in [1.165, 1.54) is 12.8 Å². The average Bonchev–Trinajstić information content (AvgIpc) is 3.04. The van der Waals surface area contributed by atoms with Gasteiger partial charge in [0.15, 0.2) is 11.5 Å². The summed E-state index contributed by atoms with van der Waals surface area (Å²) in [4.78, 5) is 21.0. The number of nitrogens with zero attached hydrogens (tertiary/aromatic N) is 4. The Morgan fingerprint density at radius 2 is 1.91 bits per heavy atom. The fraction of sp³-hybridized carbons (Fsp3) is 0.500. The van der Waals surface area contributed by atoms with Crippen molar-refractivity contribution in [2.24, 2.45) is 0 Å². The summed E-state index contributed by atoms with van der Waals surface area (Å²) >= 11 is 0. The number of nitrogens with one attached hydrogen (secondary N) is 1. The molecule has 6 nitrogen and oxygen atoms in total. The van der Waals surface area contributed by atoms with Gasteiger partial charge < -0.3 is 5.32 Å². The van der Waals surface area contributed by atoms with Crippen molar-refractivity contribution in [1.29, 1.82) is 0 Å². The van der Waals surface area contributed by atoms with E-state index >= 15 is 0 Å². The highest BCUT2D eigenvalue weighted by atomic mass is 16.2. The van der Waals surface area contributed by atoms with E-state index in [2.05, 4.69) is 20.4 Å². The third-order valence-corrected chi connectivity index (χ3v) is 4.46. The van der Waals surface area contributed by atoms with Crippen LogP contribution in [0.5, 0.6) is 0 Å². The van der Waals surface area contributed by atoms with Crippen molar-refractivity contribution in [3.05, 3.63) is 36.0 Å². The molecule has 0 saturated heterocycles. The predicted molar refractivity (Wildman–Crippen MR) is 81.7 cm³/mol. The van der Waals surface area contributed by atoms with Gasteiger partial charge in [0.2, 0.25) is 0 Å². The zero-order valence-electron chi connectivity index (χ0n) is 12.4. The molecule has 0 aliphatic heterocycles. The molecule has 0 aromatic carbocycles. The summed E-state index contributed by atoms with van der Waals surface area (Å²) in [7, 11) is 0. The zero-order valence-corrected chi connectivity index (χ0v) is 12.4. The van der Waals surface area contributed by atoms with Gasteiger partial charge >= 0.3 is 0 Å². The van der Waals surface area contributed by atoms with E-state index in [9.17, 15) is 4.79 Å². The molecule has 114 valence electrons. The fourth-order valence-electron chi connectivity index (χ4n) is 3.10. The molecule has 2 aromatic rings. The maximum atomic E-state index is 12.4. The highest BCUT2D eigenvalue weighted by Crippen LogP contribution is 2.41. The normalized spacial score (nSPS) is 18.5. The van der Waals surface area contributed by atoms with Crippen LogP contribution in [0, 0.1) is 0 Å². The molecule has 1 N–H and O–H groups in total. The summed E-state index contributed by atoms with van der Waals surface area (Å²) in [5.74, 6) is 0.810. The molecule has 2 heterocycles. The van der Waals surface area contributed by atoms with E-state index in [4.69, 9.17) is 0 Å². The summed E-state index contributed by atoms with van der Waals surface area (Å²) in [6.07, 6.45) is 12.2. The molecular formula is C16H19N5O. The Hall–Kier alpha value is -2.24. The van der Waals surface area contributed by atoms with Gasteiger partial charge in [-0.3, -0.25) is 14.5 Å². The lowest BCUT2D eigenvalue weighted by atomic mass is 10.2. The molecule has 2 aliphatic carbocycles. The van der Waals surface area contributed by atoms with Gasteiger partial charge in [0.05, 0.1) is 11.7 Å². The number of hydrogen-bond acceptors (Lipinski definition) is 4. The van der Waals surface area contributed by atoms with Crippen LogP contribution in [0.1, 0.15) is 66.7 Å². The second kappa shape index (κ2) is 5.51. The molecule has 0 spiro atoms. The van der Waals surface area contributed by atoms with Crippen LogP contribution in [0.15, 0.2) is 24.7 Å². The highest BCUT2D eigenvalue weighted by molar-refractivity contribution is 6.02. The Balaban J connectivity index is 1.50. The third-order valence-electron chi connectivity index (χ3n) is 4.46. The number of carbonyl (C=O) groups is 1. The standard InChI is InChI=1S/C16H19N5O/c22-16(13-7-10-21(20-13)12-3-1-2-4-12)19-15-14(11-5-6-11)17-8-9-18-15/h7-12H,1-6H2,(H,18,19,22). The van der Waals surface area contributed by atoms with Crippen LogP contribution in [0.25, 0.3) is 0 Å². The summed E-state index contributed by atoms with van der Waals surface area (Å²) in [5.41, 5.74) is 1.34. The van der Waals surface area contributed by atoms with Crippen LogP contribution in [0.3, 0.4) is 0 Å². The lowest BCUT2D eigenvalue weighted by molar-refractivity contribution is 0.102. The first-order chi connectivity index (χ1) is 10.8. The van der Waals surface area contributed by atoms with Crippen LogP contribution < -0.4 is 5.32 Å². The maximum Gasteiger partial charge on any atom is 0.277 e. The SMILES string of the molecule is O=C(Nc1nccnc1C1CC1)c1ccn(C2CCCC2)n1. The minimum Gasteiger partial charge on any atom is -0.304 e. The lowest BCUT2D eigenvalue weighted by Crippen LogP contribution is -2.16. The summed E-state index contributed by atoms with van der Waals surface area (Å²) in [6.45, 7) is 0. The Morgan fingerprint density at radius 3 is 2.68 bits per heavy atom. The van der Waals surface area contributed by atoms with Crippen molar-refractivity contribution in [2.75, 3.05) is 5.32 Å². The van der Waals surface area contributed by atoms with Crippen LogP contribution in [-0.2, 0) is 0 Å². The van der Waals surface area contributed by atoms with E-state index in [-0.39, 0.29) is 5.91 Å². The second-order valence-electron chi connectivity index (χ2n) is 6.14.